The number of ketones is 2. The van der Waals surface area contributed by atoms with Crippen molar-refractivity contribution in [3.8, 4) is 11.1 Å². The number of hydrogen-bond donors (Lipinski definition) is 2. The zero-order valence-electron chi connectivity index (χ0n) is 30.1. The summed E-state index contributed by atoms with van der Waals surface area (Å²) in [5.74, 6) is -0.00637. The number of rotatable bonds is 9. The number of carbonyl (C=O) groups excluding carboxylic acids is 2. The second-order valence-electron chi connectivity index (χ2n) is 12.0. The van der Waals surface area contributed by atoms with Crippen LogP contribution in [0.5, 0.6) is 0 Å². The van der Waals surface area contributed by atoms with Crippen LogP contribution in [0.1, 0.15) is 66.1 Å². The van der Waals surface area contributed by atoms with Crippen LogP contribution >= 0.6 is 47.8 Å². The van der Waals surface area contributed by atoms with E-state index in [0.29, 0.717) is 17.6 Å². The highest BCUT2D eigenvalue weighted by atomic mass is 79.9. The lowest BCUT2D eigenvalue weighted by Gasteiger charge is -2.07. The molecule has 0 fully saturated rings. The third-order valence-corrected chi connectivity index (χ3v) is 9.31. The summed E-state index contributed by atoms with van der Waals surface area (Å²) in [7, 11) is -1.51. The summed E-state index contributed by atoms with van der Waals surface area (Å²) in [4.78, 5) is 30.2. The van der Waals surface area contributed by atoms with Gasteiger partial charge in [0.2, 0.25) is 0 Å². The summed E-state index contributed by atoms with van der Waals surface area (Å²) in [6, 6.07) is 38.6. The van der Waals surface area contributed by atoms with Gasteiger partial charge in [0.25, 0.3) is 0 Å². The molecule has 2 heterocycles. The van der Waals surface area contributed by atoms with Crippen molar-refractivity contribution >= 4 is 71.9 Å². The topological polar surface area (TPSA) is 136 Å². The molecule has 7 rings (SSSR count). The maximum atomic E-state index is 11.5. The van der Waals surface area contributed by atoms with Gasteiger partial charge in [0, 0.05) is 25.4 Å². The lowest BCUT2D eigenvalue weighted by Crippen LogP contribution is -2.30. The predicted molar refractivity (Wildman–Crippen MR) is 241 cm³/mol. The minimum absolute atomic E-state index is 0. The molecule has 10 nitrogen and oxygen atoms in total. The fraction of sp³-hybridized carbons (Fsp3) is 0.163. The van der Waals surface area contributed by atoms with Crippen LogP contribution in [-0.2, 0) is 18.4 Å². The Morgan fingerprint density at radius 3 is 1.49 bits per heavy atom. The first-order chi connectivity index (χ1) is 26.5. The smallest absolute Gasteiger partial charge is 0.423 e. The molecule has 0 atom stereocenters. The Bertz CT molecular complexity index is 2250. The quantitative estimate of drug-likeness (QED) is 0.0831. The molecule has 14 heteroatoms. The summed E-state index contributed by atoms with van der Waals surface area (Å²) in [6.07, 6.45) is 6.47. The molecule has 0 saturated carbocycles. The molecule has 0 spiro atoms. The molecular formula is C43H46BBr3N6O4. The molecule has 0 amide bonds. The van der Waals surface area contributed by atoms with Crippen LogP contribution in [0.2, 0.25) is 0 Å². The molecule has 0 saturated heterocycles. The van der Waals surface area contributed by atoms with E-state index in [-0.39, 0.29) is 26.4 Å². The van der Waals surface area contributed by atoms with E-state index in [1.54, 1.807) is 47.1 Å². The van der Waals surface area contributed by atoms with Crippen LogP contribution < -0.4 is 5.46 Å². The van der Waals surface area contributed by atoms with E-state index in [1.165, 1.54) is 36.8 Å². The van der Waals surface area contributed by atoms with E-state index in [0.717, 1.165) is 43.1 Å². The van der Waals surface area contributed by atoms with E-state index in [9.17, 15) is 9.59 Å². The molecule has 2 N–H and O–H groups in total. The molecule has 5 aromatic carbocycles. The van der Waals surface area contributed by atoms with Gasteiger partial charge in [-0.2, -0.15) is 10.2 Å². The SMILES string of the molecule is BrCc1cccc(Br)c1.Brc1cccc(Cn2cncn2)c1.C.C.CC(=O)c1cccc(-c2cccc(Cn3cncn3)c2)c1.CC(=O)c1cccc(B(O)O)c1. The van der Waals surface area contributed by atoms with Crippen LogP contribution in [0.25, 0.3) is 11.1 Å². The average Bonchev–Trinajstić information content (AvgIpc) is 3.91. The molecule has 0 aliphatic heterocycles. The highest BCUT2D eigenvalue weighted by molar-refractivity contribution is 9.10. The molecule has 0 aliphatic carbocycles. The monoisotopic (exact) mass is 958 g/mol. The Labute approximate surface area is 360 Å². The van der Waals surface area contributed by atoms with Crippen LogP contribution in [0, 0.1) is 0 Å². The Hall–Kier alpha value is -4.86. The van der Waals surface area contributed by atoms with Crippen LogP contribution in [0.4, 0.5) is 0 Å². The minimum Gasteiger partial charge on any atom is -0.423 e. The van der Waals surface area contributed by atoms with Crippen molar-refractivity contribution in [1.82, 2.24) is 29.5 Å². The van der Waals surface area contributed by atoms with Crippen molar-refractivity contribution in [3.05, 3.63) is 183 Å². The number of Topliss-reactive ketones (excluding diaryl/α,β-unsaturated/α-hetero) is 2. The van der Waals surface area contributed by atoms with Gasteiger partial charge in [0.05, 0.1) is 13.1 Å². The minimum atomic E-state index is -1.51. The van der Waals surface area contributed by atoms with E-state index in [4.69, 9.17) is 10.0 Å². The largest absolute Gasteiger partial charge is 0.488 e. The zero-order chi connectivity index (χ0) is 39.6. The van der Waals surface area contributed by atoms with Crippen molar-refractivity contribution in [2.45, 2.75) is 47.1 Å². The number of alkyl halides is 1. The van der Waals surface area contributed by atoms with Crippen molar-refractivity contribution in [2.75, 3.05) is 0 Å². The Balaban J connectivity index is 0.000000273. The molecule has 57 heavy (non-hydrogen) atoms. The first-order valence-corrected chi connectivity index (χ1v) is 19.6. The van der Waals surface area contributed by atoms with E-state index >= 15 is 0 Å². The molecule has 7 aromatic rings. The molecule has 0 radical (unpaired) electrons. The molecule has 0 unspecified atom stereocenters. The zero-order valence-corrected chi connectivity index (χ0v) is 34.8. The first-order valence-electron chi connectivity index (χ1n) is 16.9. The molecule has 0 bridgehead atoms. The molecule has 296 valence electrons. The number of aromatic nitrogens is 6. The van der Waals surface area contributed by atoms with E-state index in [2.05, 4.69) is 104 Å². The highest BCUT2D eigenvalue weighted by Crippen LogP contribution is 2.22. The van der Waals surface area contributed by atoms with Gasteiger partial charge in [0.1, 0.15) is 25.3 Å². The summed E-state index contributed by atoms with van der Waals surface area (Å²) in [5, 5.41) is 26.6. The van der Waals surface area contributed by atoms with Gasteiger partial charge in [-0.25, -0.2) is 19.3 Å². The van der Waals surface area contributed by atoms with Gasteiger partial charge < -0.3 is 10.0 Å². The number of benzene rings is 5. The lowest BCUT2D eigenvalue weighted by atomic mass is 9.79. The number of hydrogen-bond acceptors (Lipinski definition) is 8. The van der Waals surface area contributed by atoms with Crippen molar-refractivity contribution < 1.29 is 19.6 Å². The van der Waals surface area contributed by atoms with E-state index in [1.807, 2.05) is 60.7 Å². The summed E-state index contributed by atoms with van der Waals surface area (Å²) >= 11 is 10.2. The van der Waals surface area contributed by atoms with E-state index < -0.39 is 7.12 Å². The molecular weight excluding hydrogens is 915 g/mol. The van der Waals surface area contributed by atoms with Gasteiger partial charge in [-0.05, 0) is 83.5 Å². The predicted octanol–water partition coefficient (Wildman–Crippen LogP) is 9.47. The van der Waals surface area contributed by atoms with Crippen molar-refractivity contribution in [2.24, 2.45) is 0 Å². The van der Waals surface area contributed by atoms with Crippen molar-refractivity contribution in [1.29, 1.82) is 0 Å². The summed E-state index contributed by atoms with van der Waals surface area (Å²) in [6.45, 7) is 4.46. The molecule has 2 aromatic heterocycles. The fourth-order valence-corrected chi connectivity index (χ4v) is 6.19. The van der Waals surface area contributed by atoms with Crippen LogP contribution in [-0.4, -0.2) is 58.3 Å². The average molecular weight is 961 g/mol. The Morgan fingerprint density at radius 1 is 0.596 bits per heavy atom. The van der Waals surface area contributed by atoms with Gasteiger partial charge in [0.15, 0.2) is 11.6 Å². The standard InChI is InChI=1S/C17H15N3O.C9H8BrN3.C8H9BO3.C7H6Br2.2CH4/c1-13(21)15-5-3-7-17(9-15)16-6-2-4-14(8-16)10-20-12-18-11-19-20;10-9-3-1-2-8(4-9)5-13-7-11-6-12-13;1-6(10)7-3-2-4-8(5-7)9(11)12;8-5-6-2-1-3-7(9)4-6;;/h2-9,11-12H,10H2,1H3;1-4,6-7H,5H2;2-5,11-12H,1H3;1-4H,5H2;2*1H4. The van der Waals surface area contributed by atoms with Gasteiger partial charge in [-0.3, -0.25) is 9.59 Å². The second kappa shape index (κ2) is 25.4. The third kappa shape index (κ3) is 17.0. The van der Waals surface area contributed by atoms with Crippen molar-refractivity contribution in [3.63, 3.8) is 0 Å². The Morgan fingerprint density at radius 2 is 1.04 bits per heavy atom. The van der Waals surface area contributed by atoms with Gasteiger partial charge in [-0.15, -0.1) is 0 Å². The molecule has 0 aliphatic rings. The maximum absolute atomic E-state index is 11.5. The van der Waals surface area contributed by atoms with Crippen LogP contribution in [0.3, 0.4) is 0 Å². The Kier molecular flexibility index (Phi) is 21.5. The maximum Gasteiger partial charge on any atom is 0.488 e. The highest BCUT2D eigenvalue weighted by Gasteiger charge is 2.11. The normalized spacial score (nSPS) is 9.74. The number of carbonyl (C=O) groups is 2. The first kappa shape index (κ1) is 48.3. The van der Waals surface area contributed by atoms with Crippen LogP contribution in [0.15, 0.2) is 156 Å². The summed E-state index contributed by atoms with van der Waals surface area (Å²) < 4.78 is 5.80. The third-order valence-electron chi connectivity index (χ3n) is 7.68. The van der Waals surface area contributed by atoms with Gasteiger partial charge >= 0.3 is 7.12 Å². The lowest BCUT2D eigenvalue weighted by molar-refractivity contribution is 0.100. The fourth-order valence-electron chi connectivity index (χ4n) is 4.94. The summed E-state index contributed by atoms with van der Waals surface area (Å²) in [5.41, 5.74) is 7.34. The van der Waals surface area contributed by atoms with Gasteiger partial charge in [-0.1, -0.05) is 148 Å². The number of nitrogens with zero attached hydrogens (tertiary/aromatic N) is 6. The number of halogens is 3. The second-order valence-corrected chi connectivity index (χ2v) is 14.4.